The van der Waals surface area contributed by atoms with Crippen molar-refractivity contribution in [3.63, 3.8) is 0 Å². The van der Waals surface area contributed by atoms with E-state index in [1.165, 1.54) is 16.7 Å². The Labute approximate surface area is 144 Å². The Morgan fingerprint density at radius 3 is 2.70 bits per heavy atom. The number of hydrogen-bond acceptors (Lipinski definition) is 4. The highest BCUT2D eigenvalue weighted by molar-refractivity contribution is 8.26. The number of hydrogen-bond donors (Lipinski definition) is 1. The molecule has 6 heteroatoms. The molecule has 1 aliphatic rings. The van der Waals surface area contributed by atoms with Gasteiger partial charge in [0, 0.05) is 13.0 Å². The summed E-state index contributed by atoms with van der Waals surface area (Å²) in [6.45, 7) is 2.28. The first-order valence-corrected chi connectivity index (χ1v) is 8.40. The Balaban J connectivity index is 2.06. The van der Waals surface area contributed by atoms with Crippen LogP contribution in [0.4, 0.5) is 0 Å². The molecular weight excluding hydrogens is 330 g/mol. The molecule has 1 heterocycles. The standard InChI is InChI=1S/C17H17NO3S2/c1-12(10-13-6-3-2-4-7-13)11-14-16(21)18(17(22)23-14)9-5-8-15(19)20/h2-4,6-7,10-11H,5,8-9H2,1H3,(H,19,20)/b12-10?,14-11-. The van der Waals surface area contributed by atoms with Crippen molar-refractivity contribution in [1.29, 1.82) is 0 Å². The van der Waals surface area contributed by atoms with Gasteiger partial charge in [-0.1, -0.05) is 60.4 Å². The molecule has 4 nitrogen and oxygen atoms in total. The molecule has 120 valence electrons. The van der Waals surface area contributed by atoms with Crippen LogP contribution in [0.3, 0.4) is 0 Å². The van der Waals surface area contributed by atoms with Gasteiger partial charge in [-0.25, -0.2) is 0 Å². The lowest BCUT2D eigenvalue weighted by Crippen LogP contribution is -2.29. The van der Waals surface area contributed by atoms with Gasteiger partial charge in [-0.3, -0.25) is 14.5 Å². The summed E-state index contributed by atoms with van der Waals surface area (Å²) in [5, 5.41) is 8.67. The van der Waals surface area contributed by atoms with Crippen molar-refractivity contribution in [2.24, 2.45) is 0 Å². The van der Waals surface area contributed by atoms with Gasteiger partial charge in [-0.15, -0.1) is 0 Å². The van der Waals surface area contributed by atoms with Crippen LogP contribution in [0.1, 0.15) is 25.3 Å². The largest absolute Gasteiger partial charge is 0.481 e. The average molecular weight is 347 g/mol. The van der Waals surface area contributed by atoms with Crippen molar-refractivity contribution in [1.82, 2.24) is 4.90 Å². The summed E-state index contributed by atoms with van der Waals surface area (Å²) in [4.78, 5) is 25.0. The molecule has 1 fully saturated rings. The van der Waals surface area contributed by atoms with E-state index >= 15 is 0 Å². The van der Waals surface area contributed by atoms with E-state index in [0.717, 1.165) is 11.1 Å². The minimum atomic E-state index is -0.868. The second-order valence-corrected chi connectivity index (χ2v) is 6.81. The minimum absolute atomic E-state index is 0.0308. The van der Waals surface area contributed by atoms with Crippen molar-refractivity contribution in [2.45, 2.75) is 19.8 Å². The van der Waals surface area contributed by atoms with Crippen molar-refractivity contribution >= 4 is 46.3 Å². The summed E-state index contributed by atoms with van der Waals surface area (Å²) in [7, 11) is 0. The van der Waals surface area contributed by atoms with E-state index in [-0.39, 0.29) is 12.3 Å². The van der Waals surface area contributed by atoms with Crippen LogP contribution >= 0.6 is 24.0 Å². The van der Waals surface area contributed by atoms with Crippen molar-refractivity contribution in [3.05, 3.63) is 52.4 Å². The van der Waals surface area contributed by atoms with Crippen LogP contribution in [0.5, 0.6) is 0 Å². The number of carboxylic acids is 1. The lowest BCUT2D eigenvalue weighted by molar-refractivity contribution is -0.137. The number of thiocarbonyl (C=S) groups is 1. The molecule has 0 saturated carbocycles. The molecule has 0 radical (unpaired) electrons. The number of carboxylic acid groups (broad SMARTS) is 1. The Kier molecular flexibility index (Phi) is 6.12. The minimum Gasteiger partial charge on any atom is -0.481 e. The summed E-state index contributed by atoms with van der Waals surface area (Å²) in [5.74, 6) is -1.01. The highest BCUT2D eigenvalue weighted by atomic mass is 32.2. The summed E-state index contributed by atoms with van der Waals surface area (Å²) >= 11 is 6.48. The number of amides is 1. The molecule has 23 heavy (non-hydrogen) atoms. The highest BCUT2D eigenvalue weighted by Crippen LogP contribution is 2.32. The number of carbonyl (C=O) groups is 2. The quantitative estimate of drug-likeness (QED) is 0.628. The molecule has 0 bridgehead atoms. The van der Waals surface area contributed by atoms with Crippen LogP contribution in [0.25, 0.3) is 6.08 Å². The molecule has 2 rings (SSSR count). The fraction of sp³-hybridized carbons (Fsp3) is 0.235. The molecule has 1 aromatic carbocycles. The van der Waals surface area contributed by atoms with Gasteiger partial charge in [0.25, 0.3) is 5.91 Å². The van der Waals surface area contributed by atoms with Crippen LogP contribution in [0.15, 0.2) is 46.9 Å². The first-order valence-electron chi connectivity index (χ1n) is 7.18. The molecule has 0 unspecified atom stereocenters. The monoisotopic (exact) mass is 347 g/mol. The number of allylic oxidation sites excluding steroid dienone is 2. The number of thioether (sulfide) groups is 1. The average Bonchev–Trinajstić information content (AvgIpc) is 2.75. The number of benzene rings is 1. The SMILES string of the molecule is CC(=Cc1ccccc1)/C=C1\SC(=S)N(CCCC(=O)O)C1=O. The normalized spacial score (nSPS) is 17.2. The molecule has 1 aliphatic heterocycles. The maximum atomic E-state index is 12.4. The number of nitrogens with zero attached hydrogens (tertiary/aromatic N) is 1. The van der Waals surface area contributed by atoms with Gasteiger partial charge >= 0.3 is 5.97 Å². The summed E-state index contributed by atoms with van der Waals surface area (Å²) in [5.41, 5.74) is 2.03. The third-order valence-corrected chi connectivity index (χ3v) is 4.58. The predicted octanol–water partition coefficient (Wildman–Crippen LogP) is 3.70. The van der Waals surface area contributed by atoms with E-state index in [9.17, 15) is 9.59 Å². The first-order chi connectivity index (χ1) is 11.0. The molecular formula is C17H17NO3S2. The Morgan fingerprint density at radius 1 is 1.35 bits per heavy atom. The number of aliphatic carboxylic acids is 1. The number of rotatable bonds is 6. The zero-order valence-corrected chi connectivity index (χ0v) is 14.3. The fourth-order valence-corrected chi connectivity index (χ4v) is 3.50. The van der Waals surface area contributed by atoms with Gasteiger partial charge in [0.05, 0.1) is 4.91 Å². The third kappa shape index (κ3) is 5.04. The van der Waals surface area contributed by atoms with Crippen molar-refractivity contribution < 1.29 is 14.7 Å². The van der Waals surface area contributed by atoms with Crippen molar-refractivity contribution in [3.8, 4) is 0 Å². The molecule has 1 saturated heterocycles. The van der Waals surface area contributed by atoms with Crippen LogP contribution in [0.2, 0.25) is 0 Å². The van der Waals surface area contributed by atoms with Gasteiger partial charge in [-0.05, 0) is 30.6 Å². The van der Waals surface area contributed by atoms with Gasteiger partial charge in [0.1, 0.15) is 4.32 Å². The Morgan fingerprint density at radius 2 is 2.04 bits per heavy atom. The van der Waals surface area contributed by atoms with E-state index in [1.54, 1.807) is 0 Å². The van der Waals surface area contributed by atoms with Gasteiger partial charge in [-0.2, -0.15) is 0 Å². The molecule has 1 amide bonds. The maximum absolute atomic E-state index is 12.4. The predicted molar refractivity (Wildman–Crippen MR) is 96.9 cm³/mol. The summed E-state index contributed by atoms with van der Waals surface area (Å²) in [6.07, 6.45) is 4.25. The molecule has 1 N–H and O–H groups in total. The molecule has 0 aromatic heterocycles. The van der Waals surface area contributed by atoms with Crippen molar-refractivity contribution in [2.75, 3.05) is 6.54 Å². The molecule has 1 aromatic rings. The van der Waals surface area contributed by atoms with Gasteiger partial charge < -0.3 is 5.11 Å². The van der Waals surface area contributed by atoms with Crippen LogP contribution in [-0.2, 0) is 9.59 Å². The second kappa shape index (κ2) is 8.08. The molecule has 0 spiro atoms. The van der Waals surface area contributed by atoms with E-state index in [4.69, 9.17) is 17.3 Å². The first kappa shape index (κ1) is 17.4. The highest BCUT2D eigenvalue weighted by Gasteiger charge is 2.31. The Hall–Kier alpha value is -1.92. The fourth-order valence-electron chi connectivity index (χ4n) is 2.14. The maximum Gasteiger partial charge on any atom is 0.303 e. The zero-order chi connectivity index (χ0) is 16.8. The molecule has 0 aliphatic carbocycles. The van der Waals surface area contributed by atoms with Crippen LogP contribution in [-0.4, -0.2) is 32.7 Å². The van der Waals surface area contributed by atoms with E-state index in [1.807, 2.05) is 49.4 Å². The van der Waals surface area contributed by atoms with Gasteiger partial charge in [0.15, 0.2) is 0 Å². The third-order valence-electron chi connectivity index (χ3n) is 3.20. The van der Waals surface area contributed by atoms with E-state index < -0.39 is 5.97 Å². The lowest BCUT2D eigenvalue weighted by atomic mass is 10.1. The smallest absolute Gasteiger partial charge is 0.303 e. The lowest BCUT2D eigenvalue weighted by Gasteiger charge is -2.13. The second-order valence-electron chi connectivity index (χ2n) is 5.13. The number of carbonyl (C=O) groups excluding carboxylic acids is 1. The summed E-state index contributed by atoms with van der Waals surface area (Å²) in [6, 6.07) is 9.86. The molecule has 0 atom stereocenters. The van der Waals surface area contributed by atoms with Gasteiger partial charge in [0.2, 0.25) is 0 Å². The van der Waals surface area contributed by atoms with Crippen LogP contribution in [0, 0.1) is 0 Å². The topological polar surface area (TPSA) is 57.6 Å². The Bertz CT molecular complexity index is 680. The van der Waals surface area contributed by atoms with Crippen LogP contribution < -0.4 is 0 Å². The zero-order valence-electron chi connectivity index (χ0n) is 12.7. The van der Waals surface area contributed by atoms with E-state index in [0.29, 0.717) is 22.2 Å². The van der Waals surface area contributed by atoms with E-state index in [2.05, 4.69) is 0 Å². The summed E-state index contributed by atoms with van der Waals surface area (Å²) < 4.78 is 0.485.